The van der Waals surface area contributed by atoms with Gasteiger partial charge in [-0.3, -0.25) is 9.71 Å². The van der Waals surface area contributed by atoms with Gasteiger partial charge in [-0.15, -0.1) is 0 Å². The first-order valence-electron chi connectivity index (χ1n) is 8.39. The second kappa shape index (κ2) is 7.26. The Morgan fingerprint density at radius 3 is 2.21 bits per heavy atom. The number of halogens is 1. The molecule has 4 aromatic rings. The molecule has 1 N–H and O–H groups in total. The van der Waals surface area contributed by atoms with E-state index in [1.807, 2.05) is 36.4 Å². The van der Waals surface area contributed by atoms with Crippen molar-refractivity contribution >= 4 is 42.5 Å². The van der Waals surface area contributed by atoms with Crippen LogP contribution < -0.4 is 9.83 Å². The molecule has 1 aromatic heterocycles. The molecule has 0 aliphatic carbocycles. The first-order valence-corrected chi connectivity index (χ1v) is 10.7. The number of hydrogen-bond donors (Lipinski definition) is 1. The van der Waals surface area contributed by atoms with Crippen molar-refractivity contribution in [1.82, 2.24) is 4.98 Å². The molecule has 0 bridgehead atoms. The van der Waals surface area contributed by atoms with Gasteiger partial charge < -0.3 is 5.11 Å². The predicted molar refractivity (Wildman–Crippen MR) is 112 cm³/mol. The molecule has 0 spiro atoms. The van der Waals surface area contributed by atoms with Crippen LogP contribution in [0.25, 0.3) is 22.0 Å². The van der Waals surface area contributed by atoms with Crippen LogP contribution in [0.15, 0.2) is 88.2 Å². The molecule has 7 heteroatoms. The minimum Gasteiger partial charge on any atom is -0.857 e. The van der Waals surface area contributed by atoms with E-state index in [1.54, 1.807) is 30.3 Å². The highest BCUT2D eigenvalue weighted by molar-refractivity contribution is 9.10. The molecule has 0 atom stereocenters. The van der Waals surface area contributed by atoms with Crippen molar-refractivity contribution in [3.05, 3.63) is 83.3 Å². The maximum Gasteiger partial charge on any atom is 0.261 e. The maximum atomic E-state index is 12.9. The smallest absolute Gasteiger partial charge is 0.261 e. The monoisotopic (exact) mass is 453 g/mol. The molecule has 0 aliphatic heterocycles. The van der Waals surface area contributed by atoms with Crippen molar-refractivity contribution in [1.29, 1.82) is 0 Å². The second-order valence-electron chi connectivity index (χ2n) is 6.11. The summed E-state index contributed by atoms with van der Waals surface area (Å²) in [6.07, 6.45) is 0. The Labute approximate surface area is 170 Å². The molecule has 140 valence electrons. The van der Waals surface area contributed by atoms with Crippen molar-refractivity contribution < 1.29 is 13.5 Å². The highest BCUT2D eigenvalue weighted by Crippen LogP contribution is 2.40. The van der Waals surface area contributed by atoms with Crippen LogP contribution >= 0.6 is 15.9 Å². The van der Waals surface area contributed by atoms with Gasteiger partial charge in [0.25, 0.3) is 10.0 Å². The topological polar surface area (TPSA) is 82.1 Å². The van der Waals surface area contributed by atoms with Gasteiger partial charge in [-0.25, -0.2) is 8.42 Å². The van der Waals surface area contributed by atoms with E-state index in [9.17, 15) is 13.5 Å². The van der Waals surface area contributed by atoms with E-state index in [4.69, 9.17) is 0 Å². The molecule has 28 heavy (non-hydrogen) atoms. The van der Waals surface area contributed by atoms with Gasteiger partial charge in [0, 0.05) is 21.3 Å². The summed E-state index contributed by atoms with van der Waals surface area (Å²) in [4.78, 5) is 4.15. The quantitative estimate of drug-likeness (QED) is 0.491. The average molecular weight is 454 g/mol. The van der Waals surface area contributed by atoms with E-state index >= 15 is 0 Å². The lowest BCUT2D eigenvalue weighted by Crippen LogP contribution is -2.16. The van der Waals surface area contributed by atoms with Crippen molar-refractivity contribution in [3.8, 4) is 17.0 Å². The summed E-state index contributed by atoms with van der Waals surface area (Å²) in [5.74, 6) is -0.631. The van der Waals surface area contributed by atoms with Gasteiger partial charge in [-0.1, -0.05) is 64.5 Å². The third-order valence-electron chi connectivity index (χ3n) is 4.27. The Morgan fingerprint density at radius 1 is 0.893 bits per heavy atom. The van der Waals surface area contributed by atoms with E-state index in [-0.39, 0.29) is 10.6 Å². The van der Waals surface area contributed by atoms with E-state index in [1.165, 1.54) is 12.1 Å². The first-order chi connectivity index (χ1) is 13.5. The minimum atomic E-state index is -3.95. The summed E-state index contributed by atoms with van der Waals surface area (Å²) >= 11 is 3.44. The standard InChI is InChI=1S/C21H15BrN2O3S/c22-15-11-12-18-17(13-15)19(14-7-3-1-4-8-14)20(21(25)23-18)24-28(26,27)16-9-5-2-6-10-16/h1-13,24H,(H,23,25)/p-1. The normalized spacial score (nSPS) is 11.5. The summed E-state index contributed by atoms with van der Waals surface area (Å²) < 4.78 is 29.0. The lowest BCUT2D eigenvalue weighted by Gasteiger charge is -2.21. The summed E-state index contributed by atoms with van der Waals surface area (Å²) in [5, 5.41) is 13.4. The number of pyridine rings is 1. The van der Waals surface area contributed by atoms with Gasteiger partial charge in [0.1, 0.15) is 0 Å². The van der Waals surface area contributed by atoms with Gasteiger partial charge in [-0.05, 0) is 35.9 Å². The molecule has 0 amide bonds. The average Bonchev–Trinajstić information content (AvgIpc) is 2.70. The summed E-state index contributed by atoms with van der Waals surface area (Å²) in [7, 11) is -3.95. The molecule has 0 aliphatic rings. The Bertz CT molecular complexity index is 1260. The SMILES string of the molecule is O=S(=O)(Nc1c([O-])nc2ccc(Br)cc2c1-c1ccccc1)c1ccccc1. The first kappa shape index (κ1) is 18.5. The number of aromatic nitrogens is 1. The number of benzene rings is 3. The zero-order valence-corrected chi connectivity index (χ0v) is 16.9. The number of anilines is 1. The molecule has 5 nitrogen and oxygen atoms in total. The van der Waals surface area contributed by atoms with Crippen molar-refractivity contribution in [2.24, 2.45) is 0 Å². The molecular formula is C21H14BrN2O3S-. The van der Waals surface area contributed by atoms with Crippen LogP contribution in [-0.4, -0.2) is 13.4 Å². The molecule has 4 rings (SSSR count). The molecule has 0 unspecified atom stereocenters. The van der Waals surface area contributed by atoms with Crippen molar-refractivity contribution in [3.63, 3.8) is 0 Å². The van der Waals surface area contributed by atoms with Crippen LogP contribution in [0, 0.1) is 0 Å². The fraction of sp³-hybridized carbons (Fsp3) is 0. The van der Waals surface area contributed by atoms with E-state index in [0.29, 0.717) is 16.5 Å². The highest BCUT2D eigenvalue weighted by Gasteiger charge is 2.20. The Kier molecular flexibility index (Phi) is 4.78. The van der Waals surface area contributed by atoms with Crippen LogP contribution in [0.3, 0.4) is 0 Å². The van der Waals surface area contributed by atoms with Crippen LogP contribution in [0.1, 0.15) is 0 Å². The largest absolute Gasteiger partial charge is 0.857 e. The Morgan fingerprint density at radius 2 is 1.54 bits per heavy atom. The molecule has 0 saturated carbocycles. The predicted octanol–water partition coefficient (Wildman–Crippen LogP) is 4.54. The molecule has 0 saturated heterocycles. The lowest BCUT2D eigenvalue weighted by atomic mass is 9.99. The Balaban J connectivity index is 1.99. The summed E-state index contributed by atoms with van der Waals surface area (Å²) in [6, 6.07) is 22.4. The van der Waals surface area contributed by atoms with Gasteiger partial charge in [0.15, 0.2) is 0 Å². The molecule has 3 aromatic carbocycles. The number of hydrogen-bond acceptors (Lipinski definition) is 4. The highest BCUT2D eigenvalue weighted by atomic mass is 79.9. The molecule has 1 heterocycles. The van der Waals surface area contributed by atoms with Crippen LogP contribution in [-0.2, 0) is 10.0 Å². The third-order valence-corrected chi connectivity index (χ3v) is 6.13. The maximum absolute atomic E-state index is 12.9. The van der Waals surface area contributed by atoms with E-state index in [2.05, 4.69) is 25.6 Å². The Hall–Kier alpha value is -2.90. The van der Waals surface area contributed by atoms with Crippen molar-refractivity contribution in [2.45, 2.75) is 4.90 Å². The molecule has 0 fully saturated rings. The fourth-order valence-electron chi connectivity index (χ4n) is 3.01. The zero-order valence-electron chi connectivity index (χ0n) is 14.5. The van der Waals surface area contributed by atoms with Crippen molar-refractivity contribution in [2.75, 3.05) is 4.72 Å². The second-order valence-corrected chi connectivity index (χ2v) is 8.71. The van der Waals surface area contributed by atoms with E-state index in [0.717, 1.165) is 10.0 Å². The van der Waals surface area contributed by atoms with Gasteiger partial charge in [-0.2, -0.15) is 0 Å². The number of rotatable bonds is 4. The van der Waals surface area contributed by atoms with Crippen LogP contribution in [0.5, 0.6) is 5.88 Å². The molecular weight excluding hydrogens is 440 g/mol. The van der Waals surface area contributed by atoms with Crippen LogP contribution in [0.4, 0.5) is 5.69 Å². The zero-order chi connectivity index (χ0) is 19.7. The number of nitrogens with one attached hydrogen (secondary N) is 1. The number of nitrogens with zero attached hydrogens (tertiary/aromatic N) is 1. The number of sulfonamides is 1. The third kappa shape index (κ3) is 3.46. The van der Waals surface area contributed by atoms with Gasteiger partial charge >= 0.3 is 0 Å². The molecule has 0 radical (unpaired) electrons. The number of fused-ring (bicyclic) bond motifs is 1. The van der Waals surface area contributed by atoms with Crippen LogP contribution in [0.2, 0.25) is 0 Å². The van der Waals surface area contributed by atoms with Gasteiger partial charge in [0.05, 0.1) is 16.1 Å². The lowest BCUT2D eigenvalue weighted by molar-refractivity contribution is -0.273. The summed E-state index contributed by atoms with van der Waals surface area (Å²) in [6.45, 7) is 0. The van der Waals surface area contributed by atoms with Gasteiger partial charge in [0.2, 0.25) is 0 Å². The van der Waals surface area contributed by atoms with E-state index < -0.39 is 15.9 Å². The minimum absolute atomic E-state index is 0.0688. The summed E-state index contributed by atoms with van der Waals surface area (Å²) in [5.41, 5.74) is 1.64. The fourth-order valence-corrected chi connectivity index (χ4v) is 4.46.